The predicted molar refractivity (Wildman–Crippen MR) is 64.8 cm³/mol. The molecule has 1 fully saturated rings. The normalized spacial score (nSPS) is 29.6. The van der Waals surface area contributed by atoms with Crippen LogP contribution in [0.4, 0.5) is 0 Å². The Balaban J connectivity index is 2.10. The van der Waals surface area contributed by atoms with E-state index in [2.05, 4.69) is 20.8 Å². The maximum atomic E-state index is 6.19. The topological polar surface area (TPSA) is 35.2 Å². The minimum absolute atomic E-state index is 0.400. The Kier molecular flexibility index (Phi) is 5.62. The Morgan fingerprint density at radius 3 is 2.53 bits per heavy atom. The second-order valence-electron chi connectivity index (χ2n) is 5.08. The Bertz CT molecular complexity index is 166. The molecule has 1 rings (SSSR count). The molecule has 2 nitrogen and oxygen atoms in total. The van der Waals surface area contributed by atoms with Crippen LogP contribution >= 0.6 is 0 Å². The summed E-state index contributed by atoms with van der Waals surface area (Å²) in [4.78, 5) is 0. The van der Waals surface area contributed by atoms with Crippen LogP contribution in [0.2, 0.25) is 0 Å². The monoisotopic (exact) mass is 213 g/mol. The molecule has 2 atom stereocenters. The summed E-state index contributed by atoms with van der Waals surface area (Å²) < 4.78 is 5.56. The van der Waals surface area contributed by atoms with Crippen LogP contribution in [0.5, 0.6) is 0 Å². The highest BCUT2D eigenvalue weighted by molar-refractivity contribution is 4.84. The smallest absolute Gasteiger partial charge is 0.0580 e. The fraction of sp³-hybridized carbons (Fsp3) is 1.00. The highest BCUT2D eigenvalue weighted by Crippen LogP contribution is 2.34. The predicted octanol–water partition coefficient (Wildman–Crippen LogP) is 2.96. The first kappa shape index (κ1) is 13.0. The molecule has 0 radical (unpaired) electrons. The van der Waals surface area contributed by atoms with E-state index < -0.39 is 0 Å². The van der Waals surface area contributed by atoms with E-state index in [4.69, 9.17) is 10.5 Å². The van der Waals surface area contributed by atoms with Crippen molar-refractivity contribution in [2.45, 2.75) is 65.0 Å². The Morgan fingerprint density at radius 1 is 1.33 bits per heavy atom. The van der Waals surface area contributed by atoms with Crippen molar-refractivity contribution < 1.29 is 4.74 Å². The zero-order chi connectivity index (χ0) is 11.3. The Morgan fingerprint density at radius 2 is 2.00 bits per heavy atom. The lowest BCUT2D eigenvalue weighted by atomic mass is 9.76. The van der Waals surface area contributed by atoms with Crippen LogP contribution in [-0.2, 0) is 4.74 Å². The summed E-state index contributed by atoms with van der Waals surface area (Å²) in [6.07, 6.45) is 6.73. The van der Waals surface area contributed by atoms with E-state index in [0.717, 1.165) is 12.5 Å². The molecule has 0 bridgehead atoms. The van der Waals surface area contributed by atoms with Gasteiger partial charge in [0.1, 0.15) is 0 Å². The van der Waals surface area contributed by atoms with Crippen LogP contribution in [0.15, 0.2) is 0 Å². The minimum atomic E-state index is 0.400. The lowest BCUT2D eigenvalue weighted by molar-refractivity contribution is -0.0294. The van der Waals surface area contributed by atoms with Crippen LogP contribution in [0.3, 0.4) is 0 Å². The van der Waals surface area contributed by atoms with Crippen LogP contribution < -0.4 is 5.73 Å². The summed E-state index contributed by atoms with van der Waals surface area (Å²) in [7, 11) is 0. The molecule has 1 aliphatic carbocycles. The molecule has 2 heteroatoms. The molecule has 0 aromatic heterocycles. The SMILES string of the molecule is CCCC(C)C(N)CC1CC(OCC)C1. The van der Waals surface area contributed by atoms with Gasteiger partial charge in [-0.25, -0.2) is 0 Å². The second kappa shape index (κ2) is 6.49. The molecule has 0 spiro atoms. The average Bonchev–Trinajstić information content (AvgIpc) is 2.14. The van der Waals surface area contributed by atoms with Crippen molar-refractivity contribution in [3.8, 4) is 0 Å². The average molecular weight is 213 g/mol. The second-order valence-corrected chi connectivity index (χ2v) is 5.08. The van der Waals surface area contributed by atoms with E-state index in [9.17, 15) is 0 Å². The van der Waals surface area contributed by atoms with E-state index in [1.54, 1.807) is 0 Å². The maximum Gasteiger partial charge on any atom is 0.0580 e. The molecule has 1 saturated carbocycles. The number of hydrogen-bond donors (Lipinski definition) is 1. The quantitative estimate of drug-likeness (QED) is 0.705. The van der Waals surface area contributed by atoms with Gasteiger partial charge >= 0.3 is 0 Å². The van der Waals surface area contributed by atoms with Crippen molar-refractivity contribution in [2.75, 3.05) is 6.61 Å². The summed E-state index contributed by atoms with van der Waals surface area (Å²) in [6, 6.07) is 0.400. The van der Waals surface area contributed by atoms with E-state index in [1.807, 2.05) is 0 Å². The number of hydrogen-bond acceptors (Lipinski definition) is 2. The van der Waals surface area contributed by atoms with Crippen molar-refractivity contribution in [3.63, 3.8) is 0 Å². The standard InChI is InChI=1S/C13H27NO/c1-4-6-10(3)13(14)9-11-7-12(8-11)15-5-2/h10-13H,4-9,14H2,1-3H3. The molecular weight excluding hydrogens is 186 g/mol. The van der Waals surface area contributed by atoms with Crippen molar-refractivity contribution in [1.82, 2.24) is 0 Å². The lowest BCUT2D eigenvalue weighted by Crippen LogP contribution is -2.38. The van der Waals surface area contributed by atoms with E-state index in [-0.39, 0.29) is 0 Å². The van der Waals surface area contributed by atoms with Crippen LogP contribution in [-0.4, -0.2) is 18.8 Å². The molecule has 0 aromatic rings. The first-order chi connectivity index (χ1) is 7.17. The van der Waals surface area contributed by atoms with Gasteiger partial charge in [-0.1, -0.05) is 20.3 Å². The van der Waals surface area contributed by atoms with Gasteiger partial charge in [-0.05, 0) is 44.4 Å². The third-order valence-corrected chi connectivity index (χ3v) is 3.68. The highest BCUT2D eigenvalue weighted by atomic mass is 16.5. The molecule has 0 aromatic carbocycles. The van der Waals surface area contributed by atoms with Crippen LogP contribution in [0.1, 0.15) is 52.9 Å². The fourth-order valence-corrected chi connectivity index (χ4v) is 2.53. The van der Waals surface area contributed by atoms with E-state index in [1.165, 1.54) is 32.1 Å². The molecule has 0 amide bonds. The van der Waals surface area contributed by atoms with Crippen LogP contribution in [0, 0.1) is 11.8 Å². The van der Waals surface area contributed by atoms with Crippen molar-refractivity contribution >= 4 is 0 Å². The molecule has 2 unspecified atom stereocenters. The highest BCUT2D eigenvalue weighted by Gasteiger charge is 2.31. The summed E-state index contributed by atoms with van der Waals surface area (Å²) in [5.41, 5.74) is 6.19. The van der Waals surface area contributed by atoms with Crippen molar-refractivity contribution in [2.24, 2.45) is 17.6 Å². The van der Waals surface area contributed by atoms with Gasteiger partial charge in [-0.15, -0.1) is 0 Å². The van der Waals surface area contributed by atoms with Gasteiger partial charge in [-0.3, -0.25) is 0 Å². The fourth-order valence-electron chi connectivity index (χ4n) is 2.53. The first-order valence-corrected chi connectivity index (χ1v) is 6.54. The molecule has 0 heterocycles. The molecule has 15 heavy (non-hydrogen) atoms. The third-order valence-electron chi connectivity index (χ3n) is 3.68. The number of ether oxygens (including phenoxy) is 1. The molecule has 90 valence electrons. The van der Waals surface area contributed by atoms with Crippen LogP contribution in [0.25, 0.3) is 0 Å². The first-order valence-electron chi connectivity index (χ1n) is 6.54. The van der Waals surface area contributed by atoms with Crippen molar-refractivity contribution in [1.29, 1.82) is 0 Å². The van der Waals surface area contributed by atoms with Gasteiger partial charge < -0.3 is 10.5 Å². The summed E-state index contributed by atoms with van der Waals surface area (Å²) >= 11 is 0. The van der Waals surface area contributed by atoms with E-state index >= 15 is 0 Å². The zero-order valence-electron chi connectivity index (χ0n) is 10.5. The van der Waals surface area contributed by atoms with Gasteiger partial charge in [0.2, 0.25) is 0 Å². The lowest BCUT2D eigenvalue weighted by Gasteiger charge is -2.37. The molecule has 0 aliphatic heterocycles. The van der Waals surface area contributed by atoms with Crippen molar-refractivity contribution in [3.05, 3.63) is 0 Å². The molecule has 2 N–H and O–H groups in total. The van der Waals surface area contributed by atoms with Gasteiger partial charge in [0.05, 0.1) is 6.10 Å². The zero-order valence-corrected chi connectivity index (χ0v) is 10.5. The van der Waals surface area contributed by atoms with E-state index in [0.29, 0.717) is 18.1 Å². The van der Waals surface area contributed by atoms with Gasteiger partial charge in [-0.2, -0.15) is 0 Å². The minimum Gasteiger partial charge on any atom is -0.378 e. The summed E-state index contributed by atoms with van der Waals surface area (Å²) in [5, 5.41) is 0. The van der Waals surface area contributed by atoms with Gasteiger partial charge in [0.15, 0.2) is 0 Å². The maximum absolute atomic E-state index is 6.19. The number of rotatable bonds is 7. The third kappa shape index (κ3) is 4.12. The van der Waals surface area contributed by atoms with Gasteiger partial charge in [0, 0.05) is 12.6 Å². The van der Waals surface area contributed by atoms with Gasteiger partial charge in [0.25, 0.3) is 0 Å². The Hall–Kier alpha value is -0.0800. The summed E-state index contributed by atoms with van der Waals surface area (Å²) in [6.45, 7) is 7.45. The largest absolute Gasteiger partial charge is 0.378 e. The number of nitrogens with two attached hydrogens (primary N) is 1. The summed E-state index contributed by atoms with van der Waals surface area (Å²) in [5.74, 6) is 1.51. The Labute approximate surface area is 94.6 Å². The molecular formula is C13H27NO. The molecule has 0 saturated heterocycles. The molecule has 1 aliphatic rings.